The molecule has 0 amide bonds. The highest BCUT2D eigenvalue weighted by Gasteiger charge is 2.22. The SMILES string of the molecule is CCn1ccnc1CNC1CCCCC1O. The molecule has 1 saturated carbocycles. The highest BCUT2D eigenvalue weighted by atomic mass is 16.3. The summed E-state index contributed by atoms with van der Waals surface area (Å²) in [6.07, 6.45) is 8.03. The van der Waals surface area contributed by atoms with Crippen LogP contribution in [0.4, 0.5) is 0 Å². The van der Waals surface area contributed by atoms with E-state index >= 15 is 0 Å². The fraction of sp³-hybridized carbons (Fsp3) is 0.750. The van der Waals surface area contributed by atoms with E-state index in [0.717, 1.165) is 38.2 Å². The normalized spacial score (nSPS) is 25.9. The lowest BCUT2D eigenvalue weighted by Gasteiger charge is -2.28. The van der Waals surface area contributed by atoms with Gasteiger partial charge < -0.3 is 15.0 Å². The Bertz CT molecular complexity index is 324. The molecule has 0 saturated heterocycles. The van der Waals surface area contributed by atoms with Crippen LogP contribution in [0.15, 0.2) is 12.4 Å². The molecule has 4 nitrogen and oxygen atoms in total. The molecule has 1 heterocycles. The average Bonchev–Trinajstić information content (AvgIpc) is 2.75. The topological polar surface area (TPSA) is 50.1 Å². The van der Waals surface area contributed by atoms with E-state index in [1.165, 1.54) is 6.42 Å². The molecule has 90 valence electrons. The summed E-state index contributed by atoms with van der Waals surface area (Å²) in [6.45, 7) is 3.81. The van der Waals surface area contributed by atoms with Gasteiger partial charge in [0, 0.05) is 25.0 Å². The second-order valence-corrected chi connectivity index (χ2v) is 4.47. The van der Waals surface area contributed by atoms with Crippen molar-refractivity contribution in [3.8, 4) is 0 Å². The Hall–Kier alpha value is -0.870. The Morgan fingerprint density at radius 1 is 1.50 bits per heavy atom. The molecule has 0 bridgehead atoms. The third-order valence-corrected chi connectivity index (χ3v) is 3.39. The highest BCUT2D eigenvalue weighted by molar-refractivity contribution is 4.93. The zero-order valence-electron chi connectivity index (χ0n) is 9.89. The number of aliphatic hydroxyl groups is 1. The standard InChI is InChI=1S/C12H21N3O/c1-2-15-8-7-13-12(15)9-14-10-5-3-4-6-11(10)16/h7-8,10-11,14,16H,2-6,9H2,1H3. The number of hydrogen-bond acceptors (Lipinski definition) is 3. The van der Waals surface area contributed by atoms with E-state index in [2.05, 4.69) is 21.8 Å². The van der Waals surface area contributed by atoms with Crippen LogP contribution in [-0.2, 0) is 13.1 Å². The lowest BCUT2D eigenvalue weighted by atomic mass is 9.93. The van der Waals surface area contributed by atoms with Gasteiger partial charge >= 0.3 is 0 Å². The van der Waals surface area contributed by atoms with E-state index < -0.39 is 0 Å². The van der Waals surface area contributed by atoms with Crippen molar-refractivity contribution in [2.24, 2.45) is 0 Å². The summed E-state index contributed by atoms with van der Waals surface area (Å²) in [5.41, 5.74) is 0. The first-order valence-corrected chi connectivity index (χ1v) is 6.22. The van der Waals surface area contributed by atoms with Gasteiger partial charge in [-0.25, -0.2) is 4.98 Å². The molecule has 1 aliphatic rings. The van der Waals surface area contributed by atoms with Crippen molar-refractivity contribution >= 4 is 0 Å². The third-order valence-electron chi connectivity index (χ3n) is 3.39. The summed E-state index contributed by atoms with van der Waals surface area (Å²) in [5, 5.41) is 13.2. The number of aliphatic hydroxyl groups excluding tert-OH is 1. The molecule has 1 fully saturated rings. The summed E-state index contributed by atoms with van der Waals surface area (Å²) < 4.78 is 2.13. The Balaban J connectivity index is 1.86. The first kappa shape index (κ1) is 11.6. The smallest absolute Gasteiger partial charge is 0.122 e. The molecular weight excluding hydrogens is 202 g/mol. The van der Waals surface area contributed by atoms with Gasteiger partial charge in [-0.1, -0.05) is 12.8 Å². The molecule has 0 spiro atoms. The predicted octanol–water partition coefficient (Wildman–Crippen LogP) is 1.30. The number of aryl methyl sites for hydroxylation is 1. The van der Waals surface area contributed by atoms with Gasteiger partial charge in [0.15, 0.2) is 0 Å². The quantitative estimate of drug-likeness (QED) is 0.809. The lowest BCUT2D eigenvalue weighted by molar-refractivity contribution is 0.0897. The van der Waals surface area contributed by atoms with Crippen molar-refractivity contribution in [3.05, 3.63) is 18.2 Å². The summed E-state index contributed by atoms with van der Waals surface area (Å²) in [4.78, 5) is 4.32. The van der Waals surface area contributed by atoms with Crippen molar-refractivity contribution in [1.82, 2.24) is 14.9 Å². The van der Waals surface area contributed by atoms with Crippen molar-refractivity contribution in [1.29, 1.82) is 0 Å². The third kappa shape index (κ3) is 2.62. The van der Waals surface area contributed by atoms with E-state index in [9.17, 15) is 5.11 Å². The van der Waals surface area contributed by atoms with Gasteiger partial charge in [-0.15, -0.1) is 0 Å². The second-order valence-electron chi connectivity index (χ2n) is 4.47. The number of aromatic nitrogens is 2. The Labute approximate surface area is 96.7 Å². The van der Waals surface area contributed by atoms with E-state index in [-0.39, 0.29) is 12.1 Å². The number of rotatable bonds is 4. The maximum absolute atomic E-state index is 9.83. The van der Waals surface area contributed by atoms with Gasteiger partial charge in [-0.2, -0.15) is 0 Å². The summed E-state index contributed by atoms with van der Waals surface area (Å²) >= 11 is 0. The average molecular weight is 223 g/mol. The molecule has 1 aromatic heterocycles. The van der Waals surface area contributed by atoms with Crippen LogP contribution in [0.2, 0.25) is 0 Å². The number of hydrogen-bond donors (Lipinski definition) is 2. The van der Waals surface area contributed by atoms with Crippen LogP contribution < -0.4 is 5.32 Å². The summed E-state index contributed by atoms with van der Waals surface area (Å²) in [5.74, 6) is 1.06. The highest BCUT2D eigenvalue weighted by Crippen LogP contribution is 2.18. The first-order valence-electron chi connectivity index (χ1n) is 6.22. The van der Waals surface area contributed by atoms with Gasteiger partial charge in [0.05, 0.1) is 12.6 Å². The van der Waals surface area contributed by atoms with Gasteiger partial charge in [0.1, 0.15) is 5.82 Å². The van der Waals surface area contributed by atoms with Gasteiger partial charge in [0.25, 0.3) is 0 Å². The molecule has 1 aromatic rings. The minimum atomic E-state index is -0.182. The van der Waals surface area contributed by atoms with E-state index in [1.807, 2.05) is 12.4 Å². The Morgan fingerprint density at radius 2 is 2.31 bits per heavy atom. The molecule has 0 aliphatic heterocycles. The molecule has 2 atom stereocenters. The van der Waals surface area contributed by atoms with Crippen molar-refractivity contribution < 1.29 is 5.11 Å². The maximum Gasteiger partial charge on any atom is 0.122 e. The maximum atomic E-state index is 9.83. The minimum absolute atomic E-state index is 0.182. The van der Waals surface area contributed by atoms with Gasteiger partial charge in [-0.3, -0.25) is 0 Å². The molecular formula is C12H21N3O. The monoisotopic (exact) mass is 223 g/mol. The molecule has 1 aliphatic carbocycles. The zero-order chi connectivity index (χ0) is 11.4. The number of nitrogens with zero attached hydrogens (tertiary/aromatic N) is 2. The fourth-order valence-electron chi connectivity index (χ4n) is 2.37. The Morgan fingerprint density at radius 3 is 3.06 bits per heavy atom. The second kappa shape index (κ2) is 5.46. The van der Waals surface area contributed by atoms with E-state index in [1.54, 1.807) is 0 Å². The summed E-state index contributed by atoms with van der Waals surface area (Å²) in [7, 11) is 0. The number of imidazole rings is 1. The predicted molar refractivity (Wildman–Crippen MR) is 63.0 cm³/mol. The van der Waals surface area contributed by atoms with Crippen molar-refractivity contribution in [2.45, 2.75) is 57.8 Å². The van der Waals surface area contributed by atoms with Crippen LogP contribution in [0.5, 0.6) is 0 Å². The Kier molecular flexibility index (Phi) is 3.96. The van der Waals surface area contributed by atoms with Crippen molar-refractivity contribution in [3.63, 3.8) is 0 Å². The molecule has 2 N–H and O–H groups in total. The summed E-state index contributed by atoms with van der Waals surface area (Å²) in [6, 6.07) is 0.246. The van der Waals surface area contributed by atoms with Crippen LogP contribution in [0, 0.1) is 0 Å². The lowest BCUT2D eigenvalue weighted by Crippen LogP contribution is -2.42. The van der Waals surface area contributed by atoms with Crippen LogP contribution in [-0.4, -0.2) is 26.8 Å². The molecule has 4 heteroatoms. The number of nitrogens with one attached hydrogen (secondary N) is 1. The van der Waals surface area contributed by atoms with Crippen LogP contribution in [0.25, 0.3) is 0 Å². The molecule has 2 rings (SSSR count). The van der Waals surface area contributed by atoms with Crippen LogP contribution in [0.1, 0.15) is 38.4 Å². The van der Waals surface area contributed by atoms with E-state index in [4.69, 9.17) is 0 Å². The van der Waals surface area contributed by atoms with Gasteiger partial charge in [-0.05, 0) is 19.8 Å². The molecule has 0 radical (unpaired) electrons. The molecule has 16 heavy (non-hydrogen) atoms. The van der Waals surface area contributed by atoms with E-state index in [0.29, 0.717) is 0 Å². The van der Waals surface area contributed by atoms with Crippen LogP contribution in [0.3, 0.4) is 0 Å². The first-order chi connectivity index (χ1) is 7.81. The van der Waals surface area contributed by atoms with Gasteiger partial charge in [0.2, 0.25) is 0 Å². The zero-order valence-corrected chi connectivity index (χ0v) is 9.89. The largest absolute Gasteiger partial charge is 0.392 e. The molecule has 2 unspecified atom stereocenters. The van der Waals surface area contributed by atoms with Crippen LogP contribution >= 0.6 is 0 Å². The molecule has 0 aromatic carbocycles. The minimum Gasteiger partial charge on any atom is -0.392 e. The fourth-order valence-corrected chi connectivity index (χ4v) is 2.37. The van der Waals surface area contributed by atoms with Crippen molar-refractivity contribution in [2.75, 3.05) is 0 Å².